The van der Waals surface area contributed by atoms with E-state index in [9.17, 15) is 9.59 Å². The molecule has 0 heterocycles. The van der Waals surface area contributed by atoms with Gasteiger partial charge in [0.2, 0.25) is 0 Å². The molecule has 5 nitrogen and oxygen atoms in total. The summed E-state index contributed by atoms with van der Waals surface area (Å²) in [4.78, 5) is 23.5. The number of hydrogen-bond acceptors (Lipinski definition) is 3. The van der Waals surface area contributed by atoms with Gasteiger partial charge in [0.25, 0.3) is 0 Å². The number of carbonyl (C=O) groups excluding carboxylic acids is 2. The average Bonchev–Trinajstić information content (AvgIpc) is 2.86. The summed E-state index contributed by atoms with van der Waals surface area (Å²) in [6.07, 6.45) is 0. The number of fused-ring (bicyclic) bond motifs is 3. The van der Waals surface area contributed by atoms with Crippen LogP contribution in [0.25, 0.3) is 11.1 Å². The summed E-state index contributed by atoms with van der Waals surface area (Å²) in [6.45, 7) is 3.58. The number of hydrogen-bond donors (Lipinski definition) is 2. The van der Waals surface area contributed by atoms with E-state index in [-0.39, 0.29) is 6.04 Å². The maximum atomic E-state index is 11.8. The molecule has 1 aliphatic rings. The van der Waals surface area contributed by atoms with Crippen LogP contribution in [-0.4, -0.2) is 23.6 Å². The first-order chi connectivity index (χ1) is 11.1. The number of amides is 2. The van der Waals surface area contributed by atoms with E-state index in [1.165, 1.54) is 0 Å². The standard InChI is InChI=1S/C18H17N3O2/c1-11(2)19-17(22)18(23)21-20-16-14-9-5-3-7-12(14)13-8-4-6-10-15(13)16/h3-11H,1-2H3,(H,19,22)(H,21,23). The van der Waals surface area contributed by atoms with Crippen LogP contribution in [0.5, 0.6) is 0 Å². The molecule has 0 atom stereocenters. The van der Waals surface area contributed by atoms with Crippen LogP contribution in [0.2, 0.25) is 0 Å². The van der Waals surface area contributed by atoms with Crippen molar-refractivity contribution < 1.29 is 9.59 Å². The van der Waals surface area contributed by atoms with Gasteiger partial charge in [0.05, 0.1) is 5.71 Å². The molecule has 3 rings (SSSR count). The van der Waals surface area contributed by atoms with Crippen LogP contribution in [0.15, 0.2) is 53.6 Å². The second-order valence-corrected chi connectivity index (χ2v) is 5.62. The van der Waals surface area contributed by atoms with Crippen molar-refractivity contribution in [2.24, 2.45) is 5.10 Å². The van der Waals surface area contributed by atoms with Crippen molar-refractivity contribution in [2.75, 3.05) is 0 Å². The zero-order chi connectivity index (χ0) is 16.4. The van der Waals surface area contributed by atoms with Crippen molar-refractivity contribution in [2.45, 2.75) is 19.9 Å². The van der Waals surface area contributed by atoms with E-state index in [0.29, 0.717) is 5.71 Å². The van der Waals surface area contributed by atoms with Crippen LogP contribution in [0.3, 0.4) is 0 Å². The van der Waals surface area contributed by atoms with Gasteiger partial charge in [-0.25, -0.2) is 5.43 Å². The Kier molecular flexibility index (Phi) is 3.93. The van der Waals surface area contributed by atoms with Crippen molar-refractivity contribution >= 4 is 17.5 Å². The molecule has 0 fully saturated rings. The third kappa shape index (κ3) is 2.85. The van der Waals surface area contributed by atoms with Crippen LogP contribution < -0.4 is 10.7 Å². The Morgan fingerprint density at radius 1 is 0.826 bits per heavy atom. The number of nitrogens with zero attached hydrogens (tertiary/aromatic N) is 1. The lowest BCUT2D eigenvalue weighted by Gasteiger charge is -2.07. The van der Waals surface area contributed by atoms with E-state index >= 15 is 0 Å². The number of rotatable bonds is 2. The molecule has 2 aromatic rings. The molecule has 0 radical (unpaired) electrons. The lowest BCUT2D eigenvalue weighted by Crippen LogP contribution is -2.41. The molecular weight excluding hydrogens is 290 g/mol. The van der Waals surface area contributed by atoms with E-state index in [1.807, 2.05) is 48.5 Å². The lowest BCUT2D eigenvalue weighted by atomic mass is 10.1. The monoisotopic (exact) mass is 307 g/mol. The van der Waals surface area contributed by atoms with Gasteiger partial charge in [-0.1, -0.05) is 48.5 Å². The normalized spacial score (nSPS) is 11.7. The number of benzene rings is 2. The molecule has 0 saturated carbocycles. The zero-order valence-corrected chi connectivity index (χ0v) is 13.0. The molecule has 2 aromatic carbocycles. The first-order valence-corrected chi connectivity index (χ1v) is 7.45. The Morgan fingerprint density at radius 2 is 1.30 bits per heavy atom. The highest BCUT2D eigenvalue weighted by Gasteiger charge is 2.24. The third-order valence-corrected chi connectivity index (χ3v) is 3.55. The molecule has 0 bridgehead atoms. The summed E-state index contributed by atoms with van der Waals surface area (Å²) in [5, 5.41) is 6.73. The van der Waals surface area contributed by atoms with E-state index < -0.39 is 11.8 Å². The smallest absolute Gasteiger partial charge is 0.329 e. The first kappa shape index (κ1) is 15.0. The fourth-order valence-corrected chi connectivity index (χ4v) is 2.60. The van der Waals surface area contributed by atoms with Crippen molar-refractivity contribution in [3.63, 3.8) is 0 Å². The van der Waals surface area contributed by atoms with Crippen molar-refractivity contribution in [3.05, 3.63) is 59.7 Å². The van der Waals surface area contributed by atoms with Gasteiger partial charge in [-0.05, 0) is 25.0 Å². The molecule has 0 spiro atoms. The first-order valence-electron chi connectivity index (χ1n) is 7.45. The lowest BCUT2D eigenvalue weighted by molar-refractivity contribution is -0.139. The largest absolute Gasteiger partial charge is 0.346 e. The van der Waals surface area contributed by atoms with Crippen molar-refractivity contribution in [1.29, 1.82) is 0 Å². The van der Waals surface area contributed by atoms with Crippen molar-refractivity contribution in [1.82, 2.24) is 10.7 Å². The van der Waals surface area contributed by atoms with Crippen molar-refractivity contribution in [3.8, 4) is 11.1 Å². The molecule has 2 N–H and O–H groups in total. The average molecular weight is 307 g/mol. The van der Waals surface area contributed by atoms with Gasteiger partial charge >= 0.3 is 11.8 Å². The van der Waals surface area contributed by atoms with Gasteiger partial charge in [0.1, 0.15) is 0 Å². The molecule has 1 aliphatic carbocycles. The highest BCUT2D eigenvalue weighted by molar-refractivity contribution is 6.35. The predicted octanol–water partition coefficient (Wildman–Crippen LogP) is 2.06. The van der Waals surface area contributed by atoms with Crippen LogP contribution in [0.4, 0.5) is 0 Å². The summed E-state index contributed by atoms with van der Waals surface area (Å²) in [7, 11) is 0. The zero-order valence-electron chi connectivity index (χ0n) is 13.0. The minimum absolute atomic E-state index is 0.103. The molecule has 0 saturated heterocycles. The van der Waals surface area contributed by atoms with E-state index in [1.54, 1.807) is 13.8 Å². The highest BCUT2D eigenvalue weighted by Crippen LogP contribution is 2.36. The van der Waals surface area contributed by atoms with Gasteiger partial charge in [-0.2, -0.15) is 5.10 Å². The Labute approximate surface area is 134 Å². The maximum absolute atomic E-state index is 11.8. The number of carbonyl (C=O) groups is 2. The van der Waals surface area contributed by atoms with Gasteiger partial charge in [0, 0.05) is 17.2 Å². The van der Waals surface area contributed by atoms with Crippen LogP contribution >= 0.6 is 0 Å². The van der Waals surface area contributed by atoms with Gasteiger partial charge in [0.15, 0.2) is 0 Å². The Bertz CT molecular complexity index is 762. The second-order valence-electron chi connectivity index (χ2n) is 5.62. The Balaban J connectivity index is 1.91. The minimum atomic E-state index is -0.770. The number of nitrogens with one attached hydrogen (secondary N) is 2. The van der Waals surface area contributed by atoms with Crippen LogP contribution in [0.1, 0.15) is 25.0 Å². The van der Waals surface area contributed by atoms with E-state index in [2.05, 4.69) is 15.8 Å². The fraction of sp³-hybridized carbons (Fsp3) is 0.167. The molecule has 116 valence electrons. The molecular formula is C18H17N3O2. The third-order valence-electron chi connectivity index (χ3n) is 3.55. The Morgan fingerprint density at radius 3 is 1.78 bits per heavy atom. The SMILES string of the molecule is CC(C)NC(=O)C(=O)NN=C1c2ccccc2-c2ccccc21. The van der Waals surface area contributed by atoms with E-state index in [0.717, 1.165) is 22.3 Å². The van der Waals surface area contributed by atoms with Crippen LogP contribution in [-0.2, 0) is 9.59 Å². The molecule has 0 aliphatic heterocycles. The molecule has 0 unspecified atom stereocenters. The molecule has 5 heteroatoms. The second kappa shape index (κ2) is 6.04. The maximum Gasteiger partial charge on any atom is 0.329 e. The molecule has 2 amide bonds. The van der Waals surface area contributed by atoms with Gasteiger partial charge in [-0.15, -0.1) is 0 Å². The summed E-state index contributed by atoms with van der Waals surface area (Å²) in [5.74, 6) is -1.46. The molecule has 0 aromatic heterocycles. The van der Waals surface area contributed by atoms with E-state index in [4.69, 9.17) is 0 Å². The summed E-state index contributed by atoms with van der Waals surface area (Å²) in [6, 6.07) is 15.6. The summed E-state index contributed by atoms with van der Waals surface area (Å²) < 4.78 is 0. The van der Waals surface area contributed by atoms with Crippen LogP contribution in [0, 0.1) is 0 Å². The summed E-state index contributed by atoms with van der Waals surface area (Å²) in [5.41, 5.74) is 7.05. The highest BCUT2D eigenvalue weighted by atomic mass is 16.2. The number of hydrazone groups is 1. The van der Waals surface area contributed by atoms with Gasteiger partial charge in [-0.3, -0.25) is 9.59 Å². The molecule has 23 heavy (non-hydrogen) atoms. The summed E-state index contributed by atoms with van der Waals surface area (Å²) >= 11 is 0. The predicted molar refractivity (Wildman–Crippen MR) is 88.9 cm³/mol. The quantitative estimate of drug-likeness (QED) is 0.562. The minimum Gasteiger partial charge on any atom is -0.346 e. The Hall–Kier alpha value is -2.95. The topological polar surface area (TPSA) is 70.6 Å². The van der Waals surface area contributed by atoms with Gasteiger partial charge < -0.3 is 5.32 Å². The fourth-order valence-electron chi connectivity index (χ4n) is 2.60.